The molecule has 0 aromatic heterocycles. The summed E-state index contributed by atoms with van der Waals surface area (Å²) in [4.78, 5) is 10.4. The Balaban J connectivity index is 2.70. The molecule has 0 amide bonds. The van der Waals surface area contributed by atoms with Crippen LogP contribution in [0.15, 0.2) is 36.4 Å². The van der Waals surface area contributed by atoms with Gasteiger partial charge in [-0.25, -0.2) is 4.39 Å². The Morgan fingerprint density at radius 2 is 2.00 bits per heavy atom. The Labute approximate surface area is 108 Å². The van der Waals surface area contributed by atoms with Gasteiger partial charge in [-0.05, 0) is 24.6 Å². The highest BCUT2D eigenvalue weighted by atomic mass is 19.1. The second kappa shape index (κ2) is 4.86. The number of nitro benzene ring substituents is 1. The summed E-state index contributed by atoms with van der Waals surface area (Å²) in [6, 6.07) is 10.3. The lowest BCUT2D eigenvalue weighted by Crippen LogP contribution is -1.95. The topological polar surface area (TPSA) is 66.9 Å². The van der Waals surface area contributed by atoms with Crippen molar-refractivity contribution in [3.63, 3.8) is 0 Å². The van der Waals surface area contributed by atoms with E-state index in [-0.39, 0.29) is 11.3 Å². The minimum atomic E-state index is -0.511. The zero-order valence-electron chi connectivity index (χ0n) is 10.1. The van der Waals surface area contributed by atoms with Crippen LogP contribution in [0.5, 0.6) is 0 Å². The molecule has 0 N–H and O–H groups in total. The van der Waals surface area contributed by atoms with E-state index >= 15 is 0 Å². The fraction of sp³-hybridized carbons (Fsp3) is 0.0714. The van der Waals surface area contributed by atoms with E-state index in [0.29, 0.717) is 16.7 Å². The molecule has 0 radical (unpaired) electrons. The third-order valence-electron chi connectivity index (χ3n) is 2.89. The highest BCUT2D eigenvalue weighted by Crippen LogP contribution is 2.31. The Hall–Kier alpha value is -2.74. The minimum absolute atomic E-state index is 0.0225. The molecule has 2 aromatic carbocycles. The number of hydrogen-bond acceptors (Lipinski definition) is 3. The van der Waals surface area contributed by atoms with Gasteiger partial charge in [0, 0.05) is 17.2 Å². The lowest BCUT2D eigenvalue weighted by molar-refractivity contribution is -0.385. The van der Waals surface area contributed by atoms with Crippen molar-refractivity contribution in [2.24, 2.45) is 0 Å². The van der Waals surface area contributed by atoms with Gasteiger partial charge < -0.3 is 0 Å². The summed E-state index contributed by atoms with van der Waals surface area (Å²) in [5.41, 5.74) is 1.64. The predicted octanol–water partition coefficient (Wildman–Crippen LogP) is 3.58. The van der Waals surface area contributed by atoms with E-state index in [2.05, 4.69) is 0 Å². The van der Waals surface area contributed by atoms with Crippen LogP contribution in [0, 0.1) is 34.2 Å². The summed E-state index contributed by atoms with van der Waals surface area (Å²) in [6.07, 6.45) is 0. The standard InChI is InChI=1S/C14H9FN2O2/c1-9-12(3-2-4-14(9)17(18)19)13-6-5-11(15)7-10(13)8-16/h2-7H,1H3. The van der Waals surface area contributed by atoms with E-state index in [9.17, 15) is 14.5 Å². The van der Waals surface area contributed by atoms with Gasteiger partial charge in [-0.15, -0.1) is 0 Å². The van der Waals surface area contributed by atoms with Crippen LogP contribution in [-0.2, 0) is 0 Å². The summed E-state index contributed by atoms with van der Waals surface area (Å²) >= 11 is 0. The van der Waals surface area contributed by atoms with Gasteiger partial charge in [0.15, 0.2) is 0 Å². The molecular weight excluding hydrogens is 247 g/mol. The molecule has 2 aromatic rings. The van der Waals surface area contributed by atoms with Crippen LogP contribution in [0.4, 0.5) is 10.1 Å². The fourth-order valence-corrected chi connectivity index (χ4v) is 1.96. The molecule has 0 saturated carbocycles. The first-order chi connectivity index (χ1) is 9.04. The average molecular weight is 256 g/mol. The molecule has 2 rings (SSSR count). The molecule has 0 aliphatic heterocycles. The van der Waals surface area contributed by atoms with Gasteiger partial charge in [0.05, 0.1) is 16.6 Å². The number of nitro groups is 1. The minimum Gasteiger partial charge on any atom is -0.258 e. The largest absolute Gasteiger partial charge is 0.272 e. The van der Waals surface area contributed by atoms with Gasteiger partial charge in [-0.1, -0.05) is 18.2 Å². The summed E-state index contributed by atoms with van der Waals surface area (Å²) in [5, 5.41) is 19.9. The van der Waals surface area contributed by atoms with E-state index in [0.717, 1.165) is 6.07 Å². The quantitative estimate of drug-likeness (QED) is 0.609. The molecule has 0 aliphatic rings. The fourth-order valence-electron chi connectivity index (χ4n) is 1.96. The third kappa shape index (κ3) is 2.29. The van der Waals surface area contributed by atoms with Crippen LogP contribution in [0.3, 0.4) is 0 Å². The van der Waals surface area contributed by atoms with E-state index in [4.69, 9.17) is 5.26 Å². The van der Waals surface area contributed by atoms with Gasteiger partial charge in [0.2, 0.25) is 0 Å². The van der Waals surface area contributed by atoms with Crippen LogP contribution < -0.4 is 0 Å². The highest BCUT2D eigenvalue weighted by molar-refractivity contribution is 5.75. The molecule has 0 atom stereocenters. The average Bonchev–Trinajstić information content (AvgIpc) is 2.39. The molecule has 94 valence electrons. The summed E-state index contributed by atoms with van der Waals surface area (Å²) in [6.45, 7) is 1.61. The monoisotopic (exact) mass is 256 g/mol. The van der Waals surface area contributed by atoms with Crippen molar-refractivity contribution in [2.75, 3.05) is 0 Å². The molecule has 0 heterocycles. The molecule has 0 fully saturated rings. The smallest absolute Gasteiger partial charge is 0.258 e. The summed E-state index contributed by atoms with van der Waals surface area (Å²) < 4.78 is 13.1. The summed E-state index contributed by atoms with van der Waals surface area (Å²) in [7, 11) is 0. The maximum Gasteiger partial charge on any atom is 0.272 e. The second-order valence-electron chi connectivity index (χ2n) is 4.01. The molecular formula is C14H9FN2O2. The lowest BCUT2D eigenvalue weighted by Gasteiger charge is -2.08. The first-order valence-corrected chi connectivity index (χ1v) is 5.48. The summed E-state index contributed by atoms with van der Waals surface area (Å²) in [5.74, 6) is -0.511. The van der Waals surface area contributed by atoms with Crippen LogP contribution in [0.2, 0.25) is 0 Å². The van der Waals surface area contributed by atoms with Crippen LogP contribution in [0.25, 0.3) is 11.1 Å². The second-order valence-corrected chi connectivity index (χ2v) is 4.01. The molecule has 0 aliphatic carbocycles. The lowest BCUT2D eigenvalue weighted by atomic mass is 9.95. The van der Waals surface area contributed by atoms with Crippen molar-refractivity contribution in [1.29, 1.82) is 5.26 Å². The van der Waals surface area contributed by atoms with Crippen molar-refractivity contribution in [3.05, 3.63) is 63.5 Å². The number of benzene rings is 2. The first-order valence-electron chi connectivity index (χ1n) is 5.48. The molecule has 0 saturated heterocycles. The number of halogens is 1. The van der Waals surface area contributed by atoms with Crippen LogP contribution in [0.1, 0.15) is 11.1 Å². The van der Waals surface area contributed by atoms with E-state index in [1.165, 1.54) is 18.2 Å². The van der Waals surface area contributed by atoms with E-state index in [1.807, 2.05) is 6.07 Å². The Bertz CT molecular complexity index is 705. The normalized spacial score (nSPS) is 9.95. The van der Waals surface area contributed by atoms with E-state index in [1.54, 1.807) is 19.1 Å². The van der Waals surface area contributed by atoms with Crippen LogP contribution in [-0.4, -0.2) is 4.92 Å². The Morgan fingerprint density at radius 1 is 1.26 bits per heavy atom. The number of hydrogen-bond donors (Lipinski definition) is 0. The third-order valence-corrected chi connectivity index (χ3v) is 2.89. The van der Waals surface area contributed by atoms with Crippen molar-refractivity contribution in [2.45, 2.75) is 6.92 Å². The molecule has 5 heteroatoms. The zero-order chi connectivity index (χ0) is 14.0. The van der Waals surface area contributed by atoms with Crippen LogP contribution >= 0.6 is 0 Å². The van der Waals surface area contributed by atoms with E-state index < -0.39 is 10.7 Å². The van der Waals surface area contributed by atoms with Crippen molar-refractivity contribution >= 4 is 5.69 Å². The van der Waals surface area contributed by atoms with Gasteiger partial charge in [-0.3, -0.25) is 10.1 Å². The molecule has 4 nitrogen and oxygen atoms in total. The maximum atomic E-state index is 13.1. The van der Waals surface area contributed by atoms with Crippen molar-refractivity contribution < 1.29 is 9.31 Å². The molecule has 0 unspecified atom stereocenters. The Morgan fingerprint density at radius 3 is 2.63 bits per heavy atom. The van der Waals surface area contributed by atoms with Gasteiger partial charge >= 0.3 is 0 Å². The van der Waals surface area contributed by atoms with Gasteiger partial charge in [0.1, 0.15) is 5.82 Å². The van der Waals surface area contributed by atoms with Crippen molar-refractivity contribution in [1.82, 2.24) is 0 Å². The van der Waals surface area contributed by atoms with Crippen molar-refractivity contribution in [3.8, 4) is 17.2 Å². The number of nitriles is 1. The molecule has 19 heavy (non-hydrogen) atoms. The molecule has 0 spiro atoms. The predicted molar refractivity (Wildman–Crippen MR) is 67.9 cm³/mol. The van der Waals surface area contributed by atoms with Gasteiger partial charge in [-0.2, -0.15) is 5.26 Å². The SMILES string of the molecule is Cc1c(-c2ccc(F)cc2C#N)cccc1[N+](=O)[O-]. The first kappa shape index (κ1) is 12.7. The number of rotatable bonds is 2. The molecule has 0 bridgehead atoms. The highest BCUT2D eigenvalue weighted by Gasteiger charge is 2.16. The number of nitrogens with zero attached hydrogens (tertiary/aromatic N) is 2. The zero-order valence-corrected chi connectivity index (χ0v) is 10.1. The maximum absolute atomic E-state index is 13.1. The van der Waals surface area contributed by atoms with Gasteiger partial charge in [0.25, 0.3) is 5.69 Å². The Kier molecular flexibility index (Phi) is 3.25.